The Morgan fingerprint density at radius 3 is 2.55 bits per heavy atom. The third-order valence-electron chi connectivity index (χ3n) is 8.40. The SMILES string of the molecule is O=C(CNC(=O)C12CC3CC(CC(C3)C1)C2)N1CCCC(c2nnc3ccccn23)C1. The second-order valence-electron chi connectivity index (χ2n) is 10.5. The fourth-order valence-corrected chi connectivity index (χ4v) is 7.40. The summed E-state index contributed by atoms with van der Waals surface area (Å²) in [6.07, 6.45) is 11.0. The van der Waals surface area contributed by atoms with Gasteiger partial charge in [0.2, 0.25) is 11.8 Å². The summed E-state index contributed by atoms with van der Waals surface area (Å²) in [5, 5.41) is 11.7. The Morgan fingerprint density at radius 2 is 1.81 bits per heavy atom. The summed E-state index contributed by atoms with van der Waals surface area (Å²) >= 11 is 0. The van der Waals surface area contributed by atoms with E-state index in [1.165, 1.54) is 19.3 Å². The van der Waals surface area contributed by atoms with Gasteiger partial charge in [-0.15, -0.1) is 10.2 Å². The fourth-order valence-electron chi connectivity index (χ4n) is 7.40. The molecule has 3 heterocycles. The number of piperidine rings is 1. The Labute approximate surface area is 182 Å². The Bertz CT molecular complexity index is 979. The molecule has 7 heteroatoms. The van der Waals surface area contributed by atoms with Crippen molar-refractivity contribution >= 4 is 17.5 Å². The van der Waals surface area contributed by atoms with Crippen LogP contribution in [0.15, 0.2) is 24.4 Å². The van der Waals surface area contributed by atoms with E-state index in [4.69, 9.17) is 0 Å². The highest BCUT2D eigenvalue weighted by Gasteiger charge is 2.54. The first kappa shape index (κ1) is 19.3. The zero-order valence-corrected chi connectivity index (χ0v) is 18.0. The van der Waals surface area contributed by atoms with Gasteiger partial charge >= 0.3 is 0 Å². The van der Waals surface area contributed by atoms with Gasteiger partial charge in [0.25, 0.3) is 0 Å². The number of carbonyl (C=O) groups excluding carboxylic acids is 2. The van der Waals surface area contributed by atoms with Gasteiger partial charge in [0, 0.05) is 30.6 Å². The Balaban J connectivity index is 1.09. The van der Waals surface area contributed by atoms with Crippen LogP contribution in [0.1, 0.15) is 63.1 Å². The highest BCUT2D eigenvalue weighted by atomic mass is 16.2. The smallest absolute Gasteiger partial charge is 0.241 e. The van der Waals surface area contributed by atoms with Crippen molar-refractivity contribution in [2.75, 3.05) is 19.6 Å². The number of hydrogen-bond acceptors (Lipinski definition) is 4. The maximum absolute atomic E-state index is 13.2. The summed E-state index contributed by atoms with van der Waals surface area (Å²) in [6, 6.07) is 5.88. The normalized spacial score (nSPS) is 34.3. The van der Waals surface area contributed by atoms with Crippen LogP contribution < -0.4 is 5.32 Å². The van der Waals surface area contributed by atoms with E-state index < -0.39 is 0 Å². The second-order valence-corrected chi connectivity index (χ2v) is 10.5. The lowest BCUT2D eigenvalue weighted by molar-refractivity contribution is -0.148. The van der Waals surface area contributed by atoms with Crippen LogP contribution in [-0.4, -0.2) is 50.9 Å². The number of amides is 2. The standard InChI is InChI=1S/C24H31N5O2/c30-21(14-25-23(31)24-11-16-8-17(12-24)10-18(9-16)13-24)28-6-3-4-19(15-28)22-27-26-20-5-1-2-7-29(20)22/h1-2,5,7,16-19H,3-4,6,8-15H2,(H,25,31). The van der Waals surface area contributed by atoms with Gasteiger partial charge in [0.05, 0.1) is 6.54 Å². The monoisotopic (exact) mass is 421 g/mol. The molecule has 0 spiro atoms. The summed E-state index contributed by atoms with van der Waals surface area (Å²) in [5.41, 5.74) is 0.642. The molecule has 5 fully saturated rings. The molecule has 1 aliphatic heterocycles. The predicted molar refractivity (Wildman–Crippen MR) is 115 cm³/mol. The average Bonchev–Trinajstić information content (AvgIpc) is 3.20. The topological polar surface area (TPSA) is 79.6 Å². The number of aromatic nitrogens is 3. The number of nitrogens with zero attached hydrogens (tertiary/aromatic N) is 4. The van der Waals surface area contributed by atoms with Crippen LogP contribution in [0.3, 0.4) is 0 Å². The van der Waals surface area contributed by atoms with Crippen molar-refractivity contribution in [3.63, 3.8) is 0 Å². The van der Waals surface area contributed by atoms with Gasteiger partial charge in [-0.05, 0) is 81.3 Å². The van der Waals surface area contributed by atoms with Crippen molar-refractivity contribution < 1.29 is 9.59 Å². The predicted octanol–water partition coefficient (Wildman–Crippen LogP) is 2.77. The molecule has 1 unspecified atom stereocenters. The molecule has 1 saturated heterocycles. The van der Waals surface area contributed by atoms with E-state index >= 15 is 0 Å². The summed E-state index contributed by atoms with van der Waals surface area (Å²) in [7, 11) is 0. The molecule has 2 amide bonds. The molecule has 2 aromatic rings. The van der Waals surface area contributed by atoms with Crippen molar-refractivity contribution in [1.82, 2.24) is 24.8 Å². The minimum Gasteiger partial charge on any atom is -0.347 e. The molecule has 0 aromatic carbocycles. The van der Waals surface area contributed by atoms with Crippen molar-refractivity contribution in [1.29, 1.82) is 0 Å². The number of nitrogens with one attached hydrogen (secondary N) is 1. The molecular weight excluding hydrogens is 390 g/mol. The van der Waals surface area contributed by atoms with E-state index in [0.717, 1.165) is 67.9 Å². The summed E-state index contributed by atoms with van der Waals surface area (Å²) in [5.74, 6) is 3.45. The maximum Gasteiger partial charge on any atom is 0.241 e. The van der Waals surface area contributed by atoms with Gasteiger partial charge in [-0.1, -0.05) is 6.07 Å². The van der Waals surface area contributed by atoms with Gasteiger partial charge < -0.3 is 10.2 Å². The molecule has 1 atom stereocenters. The third-order valence-corrected chi connectivity index (χ3v) is 8.40. The molecular formula is C24H31N5O2. The first-order valence-corrected chi connectivity index (χ1v) is 12.0. The lowest BCUT2D eigenvalue weighted by atomic mass is 9.49. The van der Waals surface area contributed by atoms with Crippen molar-refractivity contribution in [3.8, 4) is 0 Å². The van der Waals surface area contributed by atoms with Crippen LogP contribution in [0.2, 0.25) is 0 Å². The van der Waals surface area contributed by atoms with Crippen LogP contribution in [0.4, 0.5) is 0 Å². The van der Waals surface area contributed by atoms with Crippen molar-refractivity contribution in [2.45, 2.75) is 57.3 Å². The molecule has 2 aromatic heterocycles. The van der Waals surface area contributed by atoms with Crippen LogP contribution in [-0.2, 0) is 9.59 Å². The quantitative estimate of drug-likeness (QED) is 0.823. The van der Waals surface area contributed by atoms with Gasteiger partial charge in [-0.25, -0.2) is 0 Å². The number of likely N-dealkylation sites (tertiary alicyclic amines) is 1. The number of pyridine rings is 1. The summed E-state index contributed by atoms with van der Waals surface area (Å²) < 4.78 is 2.02. The maximum atomic E-state index is 13.2. The van der Waals surface area contributed by atoms with Gasteiger partial charge in [0.15, 0.2) is 5.65 Å². The lowest BCUT2D eigenvalue weighted by Gasteiger charge is -2.55. The molecule has 7 nitrogen and oxygen atoms in total. The first-order chi connectivity index (χ1) is 15.1. The largest absolute Gasteiger partial charge is 0.347 e. The number of carbonyl (C=O) groups is 2. The first-order valence-electron chi connectivity index (χ1n) is 12.0. The average molecular weight is 422 g/mol. The van der Waals surface area contributed by atoms with E-state index in [9.17, 15) is 9.59 Å². The summed E-state index contributed by atoms with van der Waals surface area (Å²) in [6.45, 7) is 1.51. The molecule has 31 heavy (non-hydrogen) atoms. The fraction of sp³-hybridized carbons (Fsp3) is 0.667. The summed E-state index contributed by atoms with van der Waals surface area (Å²) in [4.78, 5) is 28.1. The highest BCUT2D eigenvalue weighted by Crippen LogP contribution is 2.60. The molecule has 4 aliphatic carbocycles. The van der Waals surface area contributed by atoms with Crippen molar-refractivity contribution in [3.05, 3.63) is 30.2 Å². The van der Waals surface area contributed by atoms with Gasteiger partial charge in [-0.2, -0.15) is 0 Å². The Hall–Kier alpha value is -2.44. The molecule has 164 valence electrons. The zero-order valence-electron chi connectivity index (χ0n) is 18.0. The van der Waals surface area contributed by atoms with Crippen LogP contribution in [0, 0.1) is 23.2 Å². The minimum absolute atomic E-state index is 0.0246. The van der Waals surface area contributed by atoms with Crippen LogP contribution in [0.5, 0.6) is 0 Å². The minimum atomic E-state index is -0.195. The number of hydrogen-bond donors (Lipinski definition) is 1. The second kappa shape index (κ2) is 7.31. The zero-order chi connectivity index (χ0) is 21.0. The van der Waals surface area contributed by atoms with Crippen LogP contribution in [0.25, 0.3) is 5.65 Å². The lowest BCUT2D eigenvalue weighted by Crippen LogP contribution is -2.55. The molecule has 0 radical (unpaired) electrons. The molecule has 1 N–H and O–H groups in total. The molecule has 4 saturated carbocycles. The van der Waals surface area contributed by atoms with E-state index in [-0.39, 0.29) is 29.7 Å². The molecule has 7 rings (SSSR count). The van der Waals surface area contributed by atoms with E-state index in [1.54, 1.807) is 0 Å². The van der Waals surface area contributed by atoms with E-state index in [1.807, 2.05) is 33.7 Å². The number of fused-ring (bicyclic) bond motifs is 1. The van der Waals surface area contributed by atoms with Crippen LogP contribution >= 0.6 is 0 Å². The Morgan fingerprint density at radius 1 is 1.06 bits per heavy atom. The van der Waals surface area contributed by atoms with Gasteiger partial charge in [0.1, 0.15) is 5.82 Å². The molecule has 5 aliphatic rings. The van der Waals surface area contributed by atoms with Crippen molar-refractivity contribution in [2.24, 2.45) is 23.2 Å². The van der Waals surface area contributed by atoms with Gasteiger partial charge in [-0.3, -0.25) is 14.0 Å². The molecule has 4 bridgehead atoms. The third kappa shape index (κ3) is 3.33. The van der Waals surface area contributed by atoms with E-state index in [0.29, 0.717) is 6.54 Å². The van der Waals surface area contributed by atoms with E-state index in [2.05, 4.69) is 15.5 Å². The Kier molecular flexibility index (Phi) is 4.54. The number of rotatable bonds is 4. The highest BCUT2D eigenvalue weighted by molar-refractivity contribution is 5.88.